The maximum absolute atomic E-state index is 12.3. The molecule has 1 fully saturated rings. The fourth-order valence-electron chi connectivity index (χ4n) is 2.01. The van der Waals surface area contributed by atoms with Crippen LogP contribution in [-0.2, 0) is 19.7 Å². The van der Waals surface area contributed by atoms with Gasteiger partial charge in [-0.2, -0.15) is 0 Å². The fraction of sp³-hybridized carbons (Fsp3) is 0.467. The molecule has 0 N–H and O–H groups in total. The molecule has 0 aromatic heterocycles. The molecular formula is C15H18O3. The Kier molecular flexibility index (Phi) is 3.50. The maximum atomic E-state index is 12.3. The standard InChI is InChI=1S/C15H18O3/c1-3-15(2,12-7-5-4-6-8-12)14(17)18-13-9-11(13)10-16/h4-8,10-11,13H,3,9H2,1-2H3. The zero-order valence-electron chi connectivity index (χ0n) is 10.8. The third-order valence-electron chi connectivity index (χ3n) is 3.78. The first-order valence-electron chi connectivity index (χ1n) is 6.33. The summed E-state index contributed by atoms with van der Waals surface area (Å²) in [5.74, 6) is -0.323. The van der Waals surface area contributed by atoms with Crippen LogP contribution in [0.4, 0.5) is 0 Å². The molecule has 0 amide bonds. The van der Waals surface area contributed by atoms with Gasteiger partial charge in [0.25, 0.3) is 0 Å². The Hall–Kier alpha value is -1.64. The molecule has 0 aliphatic heterocycles. The minimum absolute atomic E-state index is 0.0918. The summed E-state index contributed by atoms with van der Waals surface area (Å²) in [6.45, 7) is 3.86. The zero-order valence-corrected chi connectivity index (χ0v) is 10.8. The van der Waals surface area contributed by atoms with Crippen molar-refractivity contribution in [2.45, 2.75) is 38.2 Å². The molecule has 96 valence electrons. The predicted octanol–water partition coefficient (Wildman–Crippen LogP) is 2.48. The normalized spacial score (nSPS) is 25.0. The summed E-state index contributed by atoms with van der Waals surface area (Å²) in [5, 5.41) is 0. The molecule has 2 rings (SSSR count). The quantitative estimate of drug-likeness (QED) is 0.592. The third-order valence-corrected chi connectivity index (χ3v) is 3.78. The molecule has 1 aliphatic carbocycles. The topological polar surface area (TPSA) is 43.4 Å². The zero-order chi connectivity index (χ0) is 13.2. The summed E-state index contributed by atoms with van der Waals surface area (Å²) in [4.78, 5) is 22.8. The molecule has 0 spiro atoms. The van der Waals surface area contributed by atoms with E-state index in [0.29, 0.717) is 12.8 Å². The number of esters is 1. The van der Waals surface area contributed by atoms with Gasteiger partial charge in [0.05, 0.1) is 11.3 Å². The Morgan fingerprint density at radius 1 is 1.44 bits per heavy atom. The average Bonchev–Trinajstić information content (AvgIpc) is 3.17. The highest BCUT2D eigenvalue weighted by Crippen LogP contribution is 2.36. The van der Waals surface area contributed by atoms with E-state index in [1.807, 2.05) is 44.2 Å². The number of ether oxygens (including phenoxy) is 1. The van der Waals surface area contributed by atoms with Gasteiger partial charge in [0.2, 0.25) is 0 Å². The van der Waals surface area contributed by atoms with Crippen molar-refractivity contribution in [1.29, 1.82) is 0 Å². The van der Waals surface area contributed by atoms with Gasteiger partial charge in [-0.1, -0.05) is 37.3 Å². The van der Waals surface area contributed by atoms with Crippen LogP contribution in [0.5, 0.6) is 0 Å². The van der Waals surface area contributed by atoms with E-state index in [4.69, 9.17) is 4.74 Å². The molecular weight excluding hydrogens is 228 g/mol. The first-order chi connectivity index (χ1) is 8.61. The SMILES string of the molecule is CCC(C)(C(=O)OC1CC1C=O)c1ccccc1. The lowest BCUT2D eigenvalue weighted by atomic mass is 9.80. The molecule has 0 bridgehead atoms. The molecule has 3 unspecified atom stereocenters. The monoisotopic (exact) mass is 246 g/mol. The second-order valence-electron chi connectivity index (χ2n) is 5.03. The Morgan fingerprint density at radius 3 is 2.61 bits per heavy atom. The molecule has 3 heteroatoms. The number of aldehydes is 1. The summed E-state index contributed by atoms with van der Waals surface area (Å²) >= 11 is 0. The second-order valence-corrected chi connectivity index (χ2v) is 5.03. The second kappa shape index (κ2) is 4.92. The van der Waals surface area contributed by atoms with Gasteiger partial charge in [-0.3, -0.25) is 4.79 Å². The lowest BCUT2D eigenvalue weighted by Gasteiger charge is -2.26. The molecule has 1 aromatic rings. The van der Waals surface area contributed by atoms with E-state index in [-0.39, 0.29) is 18.0 Å². The Morgan fingerprint density at radius 2 is 2.11 bits per heavy atom. The molecule has 1 aromatic carbocycles. The Bertz CT molecular complexity index is 440. The van der Waals surface area contributed by atoms with Gasteiger partial charge >= 0.3 is 5.97 Å². The van der Waals surface area contributed by atoms with E-state index in [1.54, 1.807) is 0 Å². The van der Waals surface area contributed by atoms with Gasteiger partial charge in [0.15, 0.2) is 0 Å². The third kappa shape index (κ3) is 2.30. The van der Waals surface area contributed by atoms with Crippen LogP contribution in [0, 0.1) is 5.92 Å². The molecule has 3 atom stereocenters. The van der Waals surface area contributed by atoms with Crippen molar-refractivity contribution in [3.63, 3.8) is 0 Å². The average molecular weight is 246 g/mol. The van der Waals surface area contributed by atoms with E-state index < -0.39 is 5.41 Å². The Balaban J connectivity index is 2.12. The van der Waals surface area contributed by atoms with Crippen molar-refractivity contribution in [3.8, 4) is 0 Å². The Labute approximate surface area is 107 Å². The largest absolute Gasteiger partial charge is 0.461 e. The number of carbonyl (C=O) groups is 2. The van der Waals surface area contributed by atoms with E-state index in [9.17, 15) is 9.59 Å². The van der Waals surface area contributed by atoms with Crippen molar-refractivity contribution < 1.29 is 14.3 Å². The molecule has 0 saturated heterocycles. The van der Waals surface area contributed by atoms with Gasteiger partial charge in [-0.05, 0) is 25.3 Å². The van der Waals surface area contributed by atoms with Crippen LogP contribution in [0.25, 0.3) is 0 Å². The van der Waals surface area contributed by atoms with Gasteiger partial charge in [-0.15, -0.1) is 0 Å². The molecule has 0 heterocycles. The van der Waals surface area contributed by atoms with Crippen LogP contribution in [0.1, 0.15) is 32.3 Å². The first-order valence-corrected chi connectivity index (χ1v) is 6.33. The molecule has 3 nitrogen and oxygen atoms in total. The smallest absolute Gasteiger partial charge is 0.316 e. The number of hydrogen-bond donors (Lipinski definition) is 0. The summed E-state index contributed by atoms with van der Waals surface area (Å²) in [6.07, 6.45) is 2.01. The molecule has 1 aliphatic rings. The highest BCUT2D eigenvalue weighted by molar-refractivity contribution is 5.83. The highest BCUT2D eigenvalue weighted by Gasteiger charge is 2.44. The number of rotatable bonds is 5. The maximum Gasteiger partial charge on any atom is 0.316 e. The van der Waals surface area contributed by atoms with Crippen LogP contribution in [0.2, 0.25) is 0 Å². The first kappa shape index (κ1) is 12.8. The van der Waals surface area contributed by atoms with E-state index in [2.05, 4.69) is 0 Å². The lowest BCUT2D eigenvalue weighted by Crippen LogP contribution is -2.34. The van der Waals surface area contributed by atoms with Crippen molar-refractivity contribution in [2.75, 3.05) is 0 Å². The van der Waals surface area contributed by atoms with Gasteiger partial charge in [0, 0.05) is 0 Å². The van der Waals surface area contributed by atoms with Crippen LogP contribution in [0.15, 0.2) is 30.3 Å². The van der Waals surface area contributed by atoms with Crippen molar-refractivity contribution >= 4 is 12.3 Å². The minimum Gasteiger partial charge on any atom is -0.461 e. The number of benzene rings is 1. The fourth-order valence-corrected chi connectivity index (χ4v) is 2.01. The minimum atomic E-state index is -0.628. The van der Waals surface area contributed by atoms with Gasteiger partial charge in [-0.25, -0.2) is 0 Å². The number of carbonyl (C=O) groups excluding carboxylic acids is 2. The summed E-state index contributed by atoms with van der Waals surface area (Å²) < 4.78 is 5.41. The van der Waals surface area contributed by atoms with Crippen molar-refractivity contribution in [1.82, 2.24) is 0 Å². The van der Waals surface area contributed by atoms with E-state index in [1.165, 1.54) is 0 Å². The summed E-state index contributed by atoms with van der Waals surface area (Å²) in [7, 11) is 0. The summed E-state index contributed by atoms with van der Waals surface area (Å²) in [5.41, 5.74) is 0.331. The van der Waals surface area contributed by atoms with Crippen LogP contribution < -0.4 is 0 Å². The van der Waals surface area contributed by atoms with Gasteiger partial charge in [0.1, 0.15) is 12.4 Å². The van der Waals surface area contributed by atoms with Crippen LogP contribution >= 0.6 is 0 Å². The summed E-state index contributed by atoms with van der Waals surface area (Å²) in [6, 6.07) is 9.64. The van der Waals surface area contributed by atoms with Crippen molar-refractivity contribution in [3.05, 3.63) is 35.9 Å². The van der Waals surface area contributed by atoms with Crippen LogP contribution in [-0.4, -0.2) is 18.4 Å². The van der Waals surface area contributed by atoms with E-state index >= 15 is 0 Å². The molecule has 1 saturated carbocycles. The van der Waals surface area contributed by atoms with E-state index in [0.717, 1.165) is 11.8 Å². The molecule has 18 heavy (non-hydrogen) atoms. The van der Waals surface area contributed by atoms with Crippen molar-refractivity contribution in [2.24, 2.45) is 5.92 Å². The molecule has 0 radical (unpaired) electrons. The highest BCUT2D eigenvalue weighted by atomic mass is 16.6. The van der Waals surface area contributed by atoms with Crippen LogP contribution in [0.3, 0.4) is 0 Å². The predicted molar refractivity (Wildman–Crippen MR) is 68.1 cm³/mol. The van der Waals surface area contributed by atoms with Gasteiger partial charge < -0.3 is 9.53 Å². The number of hydrogen-bond acceptors (Lipinski definition) is 3. The lowest BCUT2D eigenvalue weighted by molar-refractivity contribution is -0.152.